The minimum Gasteiger partial charge on any atom is -0.321 e. The number of amides is 1. The second-order valence-corrected chi connectivity index (χ2v) is 7.54. The number of carbonyl (C=O) groups excluding carboxylic acids is 1. The van der Waals surface area contributed by atoms with Gasteiger partial charge in [-0.1, -0.05) is 0 Å². The van der Waals surface area contributed by atoms with Gasteiger partial charge in [-0.25, -0.2) is 4.39 Å². The normalized spacial score (nSPS) is 13.9. The predicted octanol–water partition coefficient (Wildman–Crippen LogP) is 4.69. The van der Waals surface area contributed by atoms with E-state index in [1.807, 2.05) is 17.8 Å². The second kappa shape index (κ2) is 5.87. The molecule has 104 valence electrons. The number of fused-ring (bicyclic) bond motifs is 1. The summed E-state index contributed by atoms with van der Waals surface area (Å²) in [4.78, 5) is 14.2. The Hall–Kier alpha value is -0.850. The lowest BCUT2D eigenvalue weighted by Crippen LogP contribution is -2.10. The first-order valence-corrected chi connectivity index (χ1v) is 8.85. The number of thioether (sulfide) groups is 1. The Balaban J connectivity index is 1.78. The SMILES string of the molecule is O=C(Nc1ccc(F)c(Br)c1)c1cc2c(s1)CCSC2. The van der Waals surface area contributed by atoms with Gasteiger partial charge in [-0.15, -0.1) is 11.3 Å². The van der Waals surface area contributed by atoms with Crippen molar-refractivity contribution in [3.63, 3.8) is 0 Å². The van der Waals surface area contributed by atoms with Crippen molar-refractivity contribution in [2.75, 3.05) is 11.1 Å². The molecule has 1 amide bonds. The van der Waals surface area contributed by atoms with Crippen molar-refractivity contribution in [1.29, 1.82) is 0 Å². The van der Waals surface area contributed by atoms with E-state index in [9.17, 15) is 9.18 Å². The van der Waals surface area contributed by atoms with Crippen LogP contribution in [0.25, 0.3) is 0 Å². The van der Waals surface area contributed by atoms with Crippen molar-refractivity contribution in [3.8, 4) is 0 Å². The molecule has 0 saturated carbocycles. The summed E-state index contributed by atoms with van der Waals surface area (Å²) in [7, 11) is 0. The Kier molecular flexibility index (Phi) is 4.14. The van der Waals surface area contributed by atoms with Gasteiger partial charge in [0.2, 0.25) is 0 Å². The highest BCUT2D eigenvalue weighted by Crippen LogP contribution is 2.32. The lowest BCUT2D eigenvalue weighted by molar-refractivity contribution is 0.103. The zero-order valence-corrected chi connectivity index (χ0v) is 13.6. The van der Waals surface area contributed by atoms with Gasteiger partial charge in [0.05, 0.1) is 9.35 Å². The first-order chi connectivity index (χ1) is 9.63. The molecule has 2 aromatic rings. The molecule has 0 spiro atoms. The van der Waals surface area contributed by atoms with Crippen LogP contribution in [-0.2, 0) is 12.2 Å². The molecule has 1 N–H and O–H groups in total. The minimum atomic E-state index is -0.341. The largest absolute Gasteiger partial charge is 0.321 e. The third-order valence-corrected chi connectivity index (χ3v) is 5.88. The van der Waals surface area contributed by atoms with E-state index in [1.54, 1.807) is 23.5 Å². The number of thiophene rings is 1. The quantitative estimate of drug-likeness (QED) is 0.829. The van der Waals surface area contributed by atoms with Crippen molar-refractivity contribution in [3.05, 3.63) is 49.9 Å². The number of hydrogen-bond donors (Lipinski definition) is 1. The molecule has 1 aromatic carbocycles. The molecular formula is C14H11BrFNOS2. The molecule has 0 unspecified atom stereocenters. The first kappa shape index (κ1) is 14.1. The number of benzene rings is 1. The van der Waals surface area contributed by atoms with Crippen LogP contribution in [0.5, 0.6) is 0 Å². The van der Waals surface area contributed by atoms with Gasteiger partial charge >= 0.3 is 0 Å². The third-order valence-electron chi connectivity index (χ3n) is 3.03. The van der Waals surface area contributed by atoms with Crippen LogP contribution >= 0.6 is 39.0 Å². The summed E-state index contributed by atoms with van der Waals surface area (Å²) >= 11 is 6.57. The molecule has 20 heavy (non-hydrogen) atoms. The summed E-state index contributed by atoms with van der Waals surface area (Å²) in [6.45, 7) is 0. The number of carbonyl (C=O) groups is 1. The Morgan fingerprint density at radius 1 is 1.35 bits per heavy atom. The molecule has 1 aliphatic heterocycles. The number of halogens is 2. The Bertz CT molecular complexity index is 648. The van der Waals surface area contributed by atoms with Crippen LogP contribution in [0, 0.1) is 5.82 Å². The smallest absolute Gasteiger partial charge is 0.265 e. The van der Waals surface area contributed by atoms with Gasteiger partial charge in [0, 0.05) is 16.3 Å². The van der Waals surface area contributed by atoms with E-state index in [1.165, 1.54) is 16.5 Å². The van der Waals surface area contributed by atoms with Gasteiger partial charge in [0.15, 0.2) is 0 Å². The number of aryl methyl sites for hydroxylation is 1. The molecule has 0 atom stereocenters. The minimum absolute atomic E-state index is 0.132. The van der Waals surface area contributed by atoms with Crippen molar-refractivity contribution in [1.82, 2.24) is 0 Å². The molecule has 0 saturated heterocycles. The molecule has 3 rings (SSSR count). The third kappa shape index (κ3) is 2.92. The van der Waals surface area contributed by atoms with Gasteiger partial charge in [-0.3, -0.25) is 4.79 Å². The van der Waals surface area contributed by atoms with E-state index in [0.717, 1.165) is 22.8 Å². The van der Waals surface area contributed by atoms with E-state index in [-0.39, 0.29) is 11.7 Å². The van der Waals surface area contributed by atoms with Crippen LogP contribution in [0.3, 0.4) is 0 Å². The first-order valence-electron chi connectivity index (χ1n) is 6.09. The van der Waals surface area contributed by atoms with Crippen LogP contribution in [0.2, 0.25) is 0 Å². The number of rotatable bonds is 2. The molecule has 2 nitrogen and oxygen atoms in total. The summed E-state index contributed by atoms with van der Waals surface area (Å²) in [5.41, 5.74) is 1.86. The van der Waals surface area contributed by atoms with Crippen LogP contribution in [-0.4, -0.2) is 11.7 Å². The van der Waals surface area contributed by atoms with E-state index < -0.39 is 0 Å². The van der Waals surface area contributed by atoms with E-state index in [4.69, 9.17) is 0 Å². The van der Waals surface area contributed by atoms with Gasteiger partial charge in [-0.2, -0.15) is 11.8 Å². The summed E-state index contributed by atoms with van der Waals surface area (Å²) in [6.07, 6.45) is 1.04. The maximum atomic E-state index is 13.2. The molecule has 0 bridgehead atoms. The van der Waals surface area contributed by atoms with Crippen LogP contribution in [0.15, 0.2) is 28.7 Å². The lowest BCUT2D eigenvalue weighted by Gasteiger charge is -2.08. The summed E-state index contributed by atoms with van der Waals surface area (Å²) in [6, 6.07) is 6.42. The molecular weight excluding hydrogens is 361 g/mol. The molecule has 0 fully saturated rings. The topological polar surface area (TPSA) is 29.1 Å². The van der Waals surface area contributed by atoms with Crippen molar-refractivity contribution in [2.45, 2.75) is 12.2 Å². The number of anilines is 1. The van der Waals surface area contributed by atoms with Crippen molar-refractivity contribution in [2.24, 2.45) is 0 Å². The van der Waals surface area contributed by atoms with Crippen LogP contribution in [0.4, 0.5) is 10.1 Å². The summed E-state index contributed by atoms with van der Waals surface area (Å²) < 4.78 is 13.5. The van der Waals surface area contributed by atoms with Crippen molar-refractivity contribution >= 4 is 50.6 Å². The Morgan fingerprint density at radius 2 is 2.20 bits per heavy atom. The number of hydrogen-bond acceptors (Lipinski definition) is 3. The lowest BCUT2D eigenvalue weighted by atomic mass is 10.2. The average Bonchev–Trinajstić information content (AvgIpc) is 2.87. The standard InChI is InChI=1S/C14H11BrFNOS2/c15-10-6-9(1-2-11(10)16)17-14(18)13-5-8-7-19-4-3-12(8)20-13/h1-2,5-6H,3-4,7H2,(H,17,18). The van der Waals surface area contributed by atoms with Crippen LogP contribution < -0.4 is 5.32 Å². The van der Waals surface area contributed by atoms with Gasteiger partial charge in [-0.05, 0) is 57.9 Å². The highest BCUT2D eigenvalue weighted by molar-refractivity contribution is 9.10. The van der Waals surface area contributed by atoms with Crippen LogP contribution in [0.1, 0.15) is 20.1 Å². The second-order valence-electron chi connectivity index (χ2n) is 4.44. The monoisotopic (exact) mass is 371 g/mol. The highest BCUT2D eigenvalue weighted by atomic mass is 79.9. The zero-order chi connectivity index (χ0) is 14.1. The molecule has 6 heteroatoms. The predicted molar refractivity (Wildman–Crippen MR) is 86.2 cm³/mol. The fraction of sp³-hybridized carbons (Fsp3) is 0.214. The fourth-order valence-electron chi connectivity index (χ4n) is 2.03. The zero-order valence-electron chi connectivity index (χ0n) is 10.4. The maximum absolute atomic E-state index is 13.2. The van der Waals surface area contributed by atoms with E-state index in [0.29, 0.717) is 10.2 Å². The highest BCUT2D eigenvalue weighted by Gasteiger charge is 2.17. The molecule has 0 radical (unpaired) electrons. The molecule has 0 aliphatic carbocycles. The van der Waals surface area contributed by atoms with Gasteiger partial charge in [0.25, 0.3) is 5.91 Å². The van der Waals surface area contributed by atoms with Gasteiger partial charge in [0.1, 0.15) is 5.82 Å². The number of nitrogens with one attached hydrogen (secondary N) is 1. The molecule has 2 heterocycles. The van der Waals surface area contributed by atoms with E-state index >= 15 is 0 Å². The maximum Gasteiger partial charge on any atom is 0.265 e. The summed E-state index contributed by atoms with van der Waals surface area (Å²) in [5, 5.41) is 2.80. The average molecular weight is 372 g/mol. The van der Waals surface area contributed by atoms with E-state index in [2.05, 4.69) is 21.2 Å². The summed E-state index contributed by atoms with van der Waals surface area (Å²) in [5.74, 6) is 1.64. The Morgan fingerprint density at radius 3 is 2.95 bits per heavy atom. The van der Waals surface area contributed by atoms with Crippen molar-refractivity contribution < 1.29 is 9.18 Å². The molecule has 1 aromatic heterocycles. The Labute approximate surface area is 132 Å². The molecule has 1 aliphatic rings. The fourth-order valence-corrected chi connectivity index (χ4v) is 4.67. The van der Waals surface area contributed by atoms with Gasteiger partial charge < -0.3 is 5.32 Å².